The van der Waals surface area contributed by atoms with E-state index >= 15 is 0 Å². The maximum Gasteiger partial charge on any atom is 0.273 e. The molecule has 5 nitrogen and oxygen atoms in total. The lowest BCUT2D eigenvalue weighted by Gasteiger charge is -2.09. The number of benzene rings is 3. The smallest absolute Gasteiger partial charge is 0.273 e. The minimum Gasteiger partial charge on any atom is -0.320 e. The molecule has 0 radical (unpaired) electrons. The third-order valence-corrected chi connectivity index (χ3v) is 6.40. The second kappa shape index (κ2) is 9.03. The van der Waals surface area contributed by atoms with E-state index in [1.165, 1.54) is 17.4 Å². The van der Waals surface area contributed by atoms with Gasteiger partial charge in [0.2, 0.25) is 0 Å². The second-order valence-electron chi connectivity index (χ2n) is 7.92. The van der Waals surface area contributed by atoms with Crippen LogP contribution in [0.4, 0.5) is 10.1 Å². The normalized spacial score (nSPS) is 10.9. The van der Waals surface area contributed by atoms with Gasteiger partial charge in [-0.1, -0.05) is 60.2 Å². The lowest BCUT2D eigenvalue weighted by Crippen LogP contribution is -2.16. The summed E-state index contributed by atoms with van der Waals surface area (Å²) in [5, 5.41) is 9.95. The van der Waals surface area contributed by atoms with Crippen LogP contribution in [0.2, 0.25) is 0 Å². The number of nitrogens with zero attached hydrogens (tertiary/aromatic N) is 3. The van der Waals surface area contributed by atoms with E-state index in [-0.39, 0.29) is 11.7 Å². The summed E-state index contributed by atoms with van der Waals surface area (Å²) in [6.45, 7) is 2.03. The summed E-state index contributed by atoms with van der Waals surface area (Å²) in [5.74, 6) is -0.587. The largest absolute Gasteiger partial charge is 0.320 e. The van der Waals surface area contributed by atoms with Crippen molar-refractivity contribution < 1.29 is 9.18 Å². The molecular weight excluding hydrogens is 447 g/mol. The number of aryl methyl sites for hydroxylation is 2. The highest BCUT2D eigenvalue weighted by atomic mass is 32.1. The number of carbonyl (C=O) groups is 1. The van der Waals surface area contributed by atoms with E-state index in [1.54, 1.807) is 36.0 Å². The van der Waals surface area contributed by atoms with E-state index in [9.17, 15) is 9.18 Å². The summed E-state index contributed by atoms with van der Waals surface area (Å²) < 4.78 is 15.8. The van der Waals surface area contributed by atoms with Crippen LogP contribution in [0.5, 0.6) is 0 Å². The minimum atomic E-state index is -0.314. The first-order valence-electron chi connectivity index (χ1n) is 10.7. The fourth-order valence-electron chi connectivity index (χ4n) is 3.70. The lowest BCUT2D eigenvalue weighted by molar-refractivity contribution is 0.101. The van der Waals surface area contributed by atoms with Gasteiger partial charge in [0.1, 0.15) is 16.5 Å². The predicted octanol–water partition coefficient (Wildman–Crippen LogP) is 6.58. The highest BCUT2D eigenvalue weighted by molar-refractivity contribution is 7.13. The molecule has 0 fully saturated rings. The molecule has 2 heterocycles. The molecule has 0 saturated heterocycles. The van der Waals surface area contributed by atoms with E-state index < -0.39 is 0 Å². The number of carbonyl (C=O) groups excluding carboxylic acids is 1. The van der Waals surface area contributed by atoms with Crippen molar-refractivity contribution >= 4 is 22.9 Å². The monoisotopic (exact) mass is 468 g/mol. The van der Waals surface area contributed by atoms with Crippen molar-refractivity contribution in [3.63, 3.8) is 0 Å². The van der Waals surface area contributed by atoms with Gasteiger partial charge in [0.25, 0.3) is 5.91 Å². The van der Waals surface area contributed by atoms with Crippen molar-refractivity contribution in [2.45, 2.75) is 6.92 Å². The van der Waals surface area contributed by atoms with Gasteiger partial charge in [-0.3, -0.25) is 9.48 Å². The van der Waals surface area contributed by atoms with E-state index in [1.807, 2.05) is 60.8 Å². The fourth-order valence-corrected chi connectivity index (χ4v) is 4.55. The third-order valence-electron chi connectivity index (χ3n) is 5.52. The van der Waals surface area contributed by atoms with Crippen molar-refractivity contribution in [1.29, 1.82) is 0 Å². The number of halogens is 1. The molecule has 0 aliphatic heterocycles. The number of anilines is 1. The molecule has 5 rings (SSSR count). The zero-order valence-corrected chi connectivity index (χ0v) is 19.4. The molecule has 1 N–H and O–H groups in total. The third kappa shape index (κ3) is 4.25. The maximum absolute atomic E-state index is 14.2. The molecule has 0 spiro atoms. The van der Waals surface area contributed by atoms with Crippen molar-refractivity contribution in [2.24, 2.45) is 7.05 Å². The number of hydrogen-bond donors (Lipinski definition) is 1. The molecule has 0 bridgehead atoms. The fraction of sp³-hybridized carbons (Fsp3) is 0.0741. The molecule has 7 heteroatoms. The highest BCUT2D eigenvalue weighted by Gasteiger charge is 2.18. The van der Waals surface area contributed by atoms with Gasteiger partial charge in [-0.15, -0.1) is 11.3 Å². The molecule has 3 aromatic carbocycles. The number of amides is 1. The Kier molecular flexibility index (Phi) is 5.77. The average Bonchev–Trinajstić information content (AvgIpc) is 3.47. The number of aromatic nitrogens is 3. The first-order valence-corrected chi connectivity index (χ1v) is 11.6. The summed E-state index contributed by atoms with van der Waals surface area (Å²) in [6, 6.07) is 23.8. The minimum absolute atomic E-state index is 0.273. The Balaban J connectivity index is 1.42. The number of hydrogen-bond acceptors (Lipinski definition) is 4. The van der Waals surface area contributed by atoms with Crippen LogP contribution in [0.1, 0.15) is 16.1 Å². The van der Waals surface area contributed by atoms with Crippen LogP contribution in [0.25, 0.3) is 33.1 Å². The van der Waals surface area contributed by atoms with Crippen LogP contribution in [0.3, 0.4) is 0 Å². The highest BCUT2D eigenvalue weighted by Crippen LogP contribution is 2.34. The molecule has 2 aromatic heterocycles. The van der Waals surface area contributed by atoms with Crippen LogP contribution < -0.4 is 5.32 Å². The Morgan fingerprint density at radius 3 is 2.41 bits per heavy atom. The first kappa shape index (κ1) is 21.7. The lowest BCUT2D eigenvalue weighted by atomic mass is 10.1. The Bertz CT molecular complexity index is 1490. The summed E-state index contributed by atoms with van der Waals surface area (Å²) >= 11 is 1.36. The van der Waals surface area contributed by atoms with Crippen LogP contribution in [0.15, 0.2) is 84.2 Å². The Labute approximate surface area is 200 Å². The van der Waals surface area contributed by atoms with Crippen molar-refractivity contribution in [1.82, 2.24) is 14.8 Å². The maximum atomic E-state index is 14.2. The van der Waals surface area contributed by atoms with Crippen molar-refractivity contribution in [3.8, 4) is 33.1 Å². The SMILES string of the molecule is Cc1ccc(-c2cc(C(=O)Nc3ccccc3-c3csc(-c4ccccc4F)n3)n(C)n2)cc1. The number of thiazole rings is 1. The number of para-hydroxylation sites is 1. The van der Waals surface area contributed by atoms with E-state index in [0.29, 0.717) is 27.6 Å². The van der Waals surface area contributed by atoms with E-state index in [4.69, 9.17) is 0 Å². The van der Waals surface area contributed by atoms with E-state index in [2.05, 4.69) is 15.4 Å². The van der Waals surface area contributed by atoms with Crippen molar-refractivity contribution in [2.75, 3.05) is 5.32 Å². The van der Waals surface area contributed by atoms with Gasteiger partial charge >= 0.3 is 0 Å². The first-order chi connectivity index (χ1) is 16.5. The van der Waals surface area contributed by atoms with Gasteiger partial charge < -0.3 is 5.32 Å². The molecule has 0 unspecified atom stereocenters. The molecular formula is C27H21FN4OS. The standard InChI is InChI=1S/C27H21FN4OS/c1-17-11-13-18(14-12-17)23-15-25(32(2)31-23)26(33)29-22-10-6-4-8-20(22)24-16-34-27(30-24)19-7-3-5-9-21(19)28/h3-16H,1-2H3,(H,29,33). The van der Waals surface area contributed by atoms with Crippen molar-refractivity contribution in [3.05, 3.63) is 101 Å². The predicted molar refractivity (Wildman–Crippen MR) is 134 cm³/mol. The van der Waals surface area contributed by atoms with Gasteiger partial charge in [-0.2, -0.15) is 5.10 Å². The molecule has 0 aliphatic rings. The van der Waals surface area contributed by atoms with Gasteiger partial charge in [0, 0.05) is 29.1 Å². The molecule has 34 heavy (non-hydrogen) atoms. The summed E-state index contributed by atoms with van der Waals surface area (Å²) in [4.78, 5) is 17.8. The van der Waals surface area contributed by atoms with E-state index in [0.717, 1.165) is 22.4 Å². The second-order valence-corrected chi connectivity index (χ2v) is 8.78. The Morgan fingerprint density at radius 2 is 1.65 bits per heavy atom. The topological polar surface area (TPSA) is 59.8 Å². The average molecular weight is 469 g/mol. The molecule has 168 valence electrons. The van der Waals surface area contributed by atoms with Crippen LogP contribution >= 0.6 is 11.3 Å². The zero-order valence-electron chi connectivity index (χ0n) is 18.6. The molecule has 5 aromatic rings. The van der Waals surface area contributed by atoms with Crippen LogP contribution in [0, 0.1) is 12.7 Å². The van der Waals surface area contributed by atoms with Gasteiger partial charge in [-0.05, 0) is 31.2 Å². The van der Waals surface area contributed by atoms with Gasteiger partial charge in [-0.25, -0.2) is 9.37 Å². The Hall–Kier alpha value is -4.10. The van der Waals surface area contributed by atoms with Gasteiger partial charge in [0.15, 0.2) is 0 Å². The quantitative estimate of drug-likeness (QED) is 0.317. The molecule has 0 saturated carbocycles. The number of nitrogens with one attached hydrogen (secondary N) is 1. The summed E-state index contributed by atoms with van der Waals surface area (Å²) in [6.07, 6.45) is 0. The van der Waals surface area contributed by atoms with Gasteiger partial charge in [0.05, 0.1) is 17.1 Å². The van der Waals surface area contributed by atoms with Crippen LogP contribution in [-0.4, -0.2) is 20.7 Å². The Morgan fingerprint density at radius 1 is 0.941 bits per heavy atom. The molecule has 0 atom stereocenters. The zero-order chi connectivity index (χ0) is 23.7. The molecule has 0 aliphatic carbocycles. The number of rotatable bonds is 5. The van der Waals surface area contributed by atoms with Crippen LogP contribution in [-0.2, 0) is 7.05 Å². The summed E-state index contributed by atoms with van der Waals surface area (Å²) in [7, 11) is 1.75. The summed E-state index contributed by atoms with van der Waals surface area (Å²) in [5.41, 5.74) is 5.79. The molecule has 1 amide bonds.